The molecule has 0 radical (unpaired) electrons. The molecule has 0 fully saturated rings. The fraction of sp³-hybridized carbons (Fsp3) is 0.286. The highest BCUT2D eigenvalue weighted by atomic mass is 32.2. The lowest BCUT2D eigenvalue weighted by molar-refractivity contribution is -0.139. The van der Waals surface area contributed by atoms with Gasteiger partial charge in [-0.05, 0) is 23.8 Å². The first-order valence-electron chi connectivity index (χ1n) is 9.28. The van der Waals surface area contributed by atoms with Crippen LogP contribution in [0.5, 0.6) is 0 Å². The summed E-state index contributed by atoms with van der Waals surface area (Å²) in [4.78, 5) is 11.9. The Labute approximate surface area is 177 Å². The number of nitrogens with two attached hydrogens (primary N) is 1. The molecule has 0 aliphatic carbocycles. The van der Waals surface area contributed by atoms with Crippen LogP contribution in [-0.2, 0) is 14.4 Å². The fourth-order valence-corrected chi connectivity index (χ4v) is 4.31. The minimum absolute atomic E-state index is 0.0362. The van der Waals surface area contributed by atoms with E-state index in [0.717, 1.165) is 30.0 Å². The average Bonchev–Trinajstić information content (AvgIpc) is 3.10. The molecule has 0 aromatic heterocycles. The summed E-state index contributed by atoms with van der Waals surface area (Å²) in [5.41, 5.74) is 6.07. The molecule has 0 spiro atoms. The summed E-state index contributed by atoms with van der Waals surface area (Å²) in [5, 5.41) is 13.3. The molecular weight excluding hydrogens is 410 g/mol. The number of rotatable bonds is 7. The Bertz CT molecular complexity index is 984. The van der Waals surface area contributed by atoms with Crippen LogP contribution in [0.2, 0.25) is 0 Å². The summed E-state index contributed by atoms with van der Waals surface area (Å²) in [6.07, 6.45) is 0. The van der Waals surface area contributed by atoms with Gasteiger partial charge in [-0.15, -0.1) is 0 Å². The summed E-state index contributed by atoms with van der Waals surface area (Å²) in [5.74, 6) is -2.12. The van der Waals surface area contributed by atoms with E-state index in [4.69, 9.17) is 15.9 Å². The van der Waals surface area contributed by atoms with Gasteiger partial charge in [0.25, 0.3) is 0 Å². The Morgan fingerprint density at radius 2 is 1.97 bits per heavy atom. The van der Waals surface area contributed by atoms with E-state index < -0.39 is 22.4 Å². The SMILES string of the molecule is CC(C)C(=O)N1N=C(c2cc(F)ccc2F)SC1(COCC(=N)N)c1ccccc1. The van der Waals surface area contributed by atoms with E-state index in [0.29, 0.717) is 5.56 Å². The highest BCUT2D eigenvalue weighted by Crippen LogP contribution is 2.48. The van der Waals surface area contributed by atoms with Gasteiger partial charge in [-0.3, -0.25) is 10.2 Å². The molecule has 1 amide bonds. The maximum atomic E-state index is 14.5. The number of hydrogen-bond acceptors (Lipinski definition) is 5. The molecule has 30 heavy (non-hydrogen) atoms. The third-order valence-electron chi connectivity index (χ3n) is 4.44. The van der Waals surface area contributed by atoms with Crippen molar-refractivity contribution in [2.75, 3.05) is 13.2 Å². The summed E-state index contributed by atoms with van der Waals surface area (Å²) < 4.78 is 33.9. The largest absolute Gasteiger partial charge is 0.386 e. The van der Waals surface area contributed by atoms with Crippen LogP contribution in [0.15, 0.2) is 53.6 Å². The fourth-order valence-electron chi connectivity index (χ4n) is 2.99. The van der Waals surface area contributed by atoms with Crippen LogP contribution >= 0.6 is 11.8 Å². The van der Waals surface area contributed by atoms with E-state index in [1.165, 1.54) is 5.01 Å². The van der Waals surface area contributed by atoms with E-state index in [9.17, 15) is 13.6 Å². The van der Waals surface area contributed by atoms with E-state index in [-0.39, 0.29) is 35.6 Å². The van der Waals surface area contributed by atoms with Gasteiger partial charge in [0, 0.05) is 11.5 Å². The number of hydrogen-bond donors (Lipinski definition) is 2. The molecule has 6 nitrogen and oxygen atoms in total. The molecule has 9 heteroatoms. The molecular formula is C21H22F2N4O2S. The number of benzene rings is 2. The average molecular weight is 432 g/mol. The lowest BCUT2D eigenvalue weighted by Crippen LogP contribution is -2.46. The first-order chi connectivity index (χ1) is 14.2. The van der Waals surface area contributed by atoms with Gasteiger partial charge in [0.2, 0.25) is 5.91 Å². The molecule has 158 valence electrons. The van der Waals surface area contributed by atoms with Gasteiger partial charge in [-0.2, -0.15) is 5.10 Å². The number of nitrogens with zero attached hydrogens (tertiary/aromatic N) is 2. The molecule has 1 aliphatic rings. The quantitative estimate of drug-likeness (QED) is 0.516. The second-order valence-electron chi connectivity index (χ2n) is 7.10. The van der Waals surface area contributed by atoms with Gasteiger partial charge in [0.15, 0.2) is 4.87 Å². The van der Waals surface area contributed by atoms with E-state index in [2.05, 4.69) is 5.10 Å². The van der Waals surface area contributed by atoms with Crippen LogP contribution in [0.1, 0.15) is 25.0 Å². The summed E-state index contributed by atoms with van der Waals surface area (Å²) in [7, 11) is 0. The first-order valence-corrected chi connectivity index (χ1v) is 10.1. The zero-order valence-corrected chi connectivity index (χ0v) is 17.4. The predicted molar refractivity (Wildman–Crippen MR) is 113 cm³/mol. The van der Waals surface area contributed by atoms with Gasteiger partial charge in [0.05, 0.1) is 6.61 Å². The molecule has 1 aliphatic heterocycles. The molecule has 1 unspecified atom stereocenters. The number of thioether (sulfide) groups is 1. The number of hydrazone groups is 1. The van der Waals surface area contributed by atoms with Crippen molar-refractivity contribution in [1.29, 1.82) is 5.41 Å². The number of carbonyl (C=O) groups excluding carboxylic acids is 1. The monoisotopic (exact) mass is 432 g/mol. The summed E-state index contributed by atoms with van der Waals surface area (Å²) >= 11 is 1.10. The molecule has 3 N–H and O–H groups in total. The molecule has 1 atom stereocenters. The zero-order valence-electron chi connectivity index (χ0n) is 16.6. The smallest absolute Gasteiger partial charge is 0.247 e. The highest BCUT2D eigenvalue weighted by Gasteiger charge is 2.50. The van der Waals surface area contributed by atoms with Crippen LogP contribution in [0, 0.1) is 23.0 Å². The molecule has 2 aromatic carbocycles. The standard InChI is InChI=1S/C21H22F2N4O2S/c1-13(2)20(28)27-21(12-29-11-18(24)25,14-6-4-3-5-7-14)30-19(26-27)16-10-15(22)8-9-17(16)23/h3-10,13H,11-12H2,1-2H3,(H3,24,25). The molecule has 1 heterocycles. The van der Waals surface area contributed by atoms with Crippen molar-refractivity contribution in [1.82, 2.24) is 5.01 Å². The Hall–Kier alpha value is -2.78. The number of halogens is 2. The van der Waals surface area contributed by atoms with Gasteiger partial charge in [-0.25, -0.2) is 13.8 Å². The van der Waals surface area contributed by atoms with Crippen LogP contribution < -0.4 is 5.73 Å². The Kier molecular flexibility index (Phi) is 6.52. The zero-order chi connectivity index (χ0) is 21.9. The Morgan fingerprint density at radius 3 is 2.60 bits per heavy atom. The lowest BCUT2D eigenvalue weighted by atomic mass is 10.0. The second-order valence-corrected chi connectivity index (χ2v) is 8.37. The second kappa shape index (κ2) is 8.93. The summed E-state index contributed by atoms with van der Waals surface area (Å²) in [6.45, 7) is 3.27. The van der Waals surface area contributed by atoms with Gasteiger partial charge < -0.3 is 10.5 Å². The molecule has 0 saturated carbocycles. The molecule has 3 rings (SSSR count). The maximum Gasteiger partial charge on any atom is 0.247 e. The van der Waals surface area contributed by atoms with Crippen molar-refractivity contribution < 1.29 is 18.3 Å². The minimum Gasteiger partial charge on any atom is -0.386 e. The number of carbonyl (C=O) groups is 1. The number of amides is 1. The Balaban J connectivity index is 2.12. The van der Waals surface area contributed by atoms with E-state index in [1.54, 1.807) is 26.0 Å². The topological polar surface area (TPSA) is 91.8 Å². The number of nitrogens with one attached hydrogen (secondary N) is 1. The Morgan fingerprint density at radius 1 is 1.27 bits per heavy atom. The maximum absolute atomic E-state index is 14.5. The van der Waals surface area contributed by atoms with Crippen LogP contribution in [0.4, 0.5) is 8.78 Å². The third kappa shape index (κ3) is 4.36. The number of amidine groups is 1. The van der Waals surface area contributed by atoms with Crippen molar-refractivity contribution in [2.45, 2.75) is 18.7 Å². The van der Waals surface area contributed by atoms with Crippen molar-refractivity contribution in [3.63, 3.8) is 0 Å². The van der Waals surface area contributed by atoms with E-state index in [1.807, 2.05) is 18.2 Å². The number of ether oxygens (including phenoxy) is 1. The lowest BCUT2D eigenvalue weighted by Gasteiger charge is -2.36. The van der Waals surface area contributed by atoms with Crippen molar-refractivity contribution in [3.8, 4) is 0 Å². The molecule has 2 aromatic rings. The van der Waals surface area contributed by atoms with Crippen molar-refractivity contribution >= 4 is 28.5 Å². The van der Waals surface area contributed by atoms with Crippen molar-refractivity contribution in [2.24, 2.45) is 16.8 Å². The van der Waals surface area contributed by atoms with Crippen LogP contribution in [0.25, 0.3) is 0 Å². The first kappa shape index (κ1) is 21.9. The predicted octanol–water partition coefficient (Wildman–Crippen LogP) is 3.66. The normalized spacial score (nSPS) is 18.6. The van der Waals surface area contributed by atoms with E-state index >= 15 is 0 Å². The molecule has 0 saturated heterocycles. The van der Waals surface area contributed by atoms with Crippen molar-refractivity contribution in [3.05, 3.63) is 71.3 Å². The van der Waals surface area contributed by atoms with Gasteiger partial charge in [0.1, 0.15) is 29.1 Å². The van der Waals surface area contributed by atoms with Gasteiger partial charge >= 0.3 is 0 Å². The van der Waals surface area contributed by atoms with Gasteiger partial charge in [-0.1, -0.05) is 55.9 Å². The van der Waals surface area contributed by atoms with Crippen LogP contribution in [-0.4, -0.2) is 35.0 Å². The summed E-state index contributed by atoms with van der Waals surface area (Å²) in [6, 6.07) is 12.2. The minimum atomic E-state index is -1.16. The molecule has 0 bridgehead atoms. The van der Waals surface area contributed by atoms with Crippen LogP contribution in [0.3, 0.4) is 0 Å². The highest BCUT2D eigenvalue weighted by molar-refractivity contribution is 8.15. The third-order valence-corrected chi connectivity index (χ3v) is 5.80.